The Hall–Kier alpha value is -0.620. The number of halogens is 1. The second kappa shape index (κ2) is 7.85. The van der Waals surface area contributed by atoms with Gasteiger partial charge in [0.05, 0.1) is 0 Å². The van der Waals surface area contributed by atoms with Crippen LogP contribution in [0.2, 0.25) is 0 Å². The summed E-state index contributed by atoms with van der Waals surface area (Å²) in [6.45, 7) is 5.38. The van der Waals surface area contributed by atoms with Crippen molar-refractivity contribution in [1.82, 2.24) is 5.32 Å². The van der Waals surface area contributed by atoms with Crippen LogP contribution in [0, 0.1) is 5.41 Å². The van der Waals surface area contributed by atoms with E-state index in [1.807, 2.05) is 38.1 Å². The van der Waals surface area contributed by atoms with Crippen LogP contribution in [-0.2, 0) is 0 Å². The zero-order valence-electron chi connectivity index (χ0n) is 11.4. The van der Waals surface area contributed by atoms with E-state index in [1.54, 1.807) is 0 Å². The second-order valence-electron chi connectivity index (χ2n) is 5.37. The summed E-state index contributed by atoms with van der Waals surface area (Å²) in [5.41, 5.74) is -0.174. The molecule has 0 fully saturated rings. The molecule has 4 nitrogen and oxygen atoms in total. The Morgan fingerprint density at radius 3 is 2.53 bits per heavy atom. The molecule has 1 aromatic rings. The van der Waals surface area contributed by atoms with Crippen molar-refractivity contribution in [2.75, 3.05) is 26.3 Å². The van der Waals surface area contributed by atoms with Gasteiger partial charge in [0.15, 0.2) is 0 Å². The fourth-order valence-electron chi connectivity index (χ4n) is 1.42. The van der Waals surface area contributed by atoms with Crippen LogP contribution in [0.4, 0.5) is 0 Å². The average Bonchev–Trinajstić information content (AvgIpc) is 2.38. The van der Waals surface area contributed by atoms with Gasteiger partial charge in [0.2, 0.25) is 0 Å². The number of nitrogens with one attached hydrogen (secondary N) is 1. The largest absolute Gasteiger partial charge is 0.491 e. The molecule has 19 heavy (non-hydrogen) atoms. The summed E-state index contributed by atoms with van der Waals surface area (Å²) in [6, 6.07) is 7.48. The lowest BCUT2D eigenvalue weighted by Crippen LogP contribution is -2.38. The number of ether oxygens (including phenoxy) is 1. The van der Waals surface area contributed by atoms with Crippen LogP contribution >= 0.6 is 15.9 Å². The normalized spacial score (nSPS) is 13.3. The van der Waals surface area contributed by atoms with Gasteiger partial charge >= 0.3 is 0 Å². The number of hydrogen-bond acceptors (Lipinski definition) is 4. The van der Waals surface area contributed by atoms with E-state index in [9.17, 15) is 5.11 Å². The molecule has 0 aromatic heterocycles. The van der Waals surface area contributed by atoms with E-state index in [2.05, 4.69) is 21.2 Å². The highest BCUT2D eigenvalue weighted by Gasteiger charge is 2.16. The Morgan fingerprint density at radius 1 is 1.32 bits per heavy atom. The van der Waals surface area contributed by atoms with Crippen LogP contribution in [0.25, 0.3) is 0 Å². The molecule has 0 aliphatic heterocycles. The molecule has 108 valence electrons. The smallest absolute Gasteiger partial charge is 0.119 e. The summed E-state index contributed by atoms with van der Waals surface area (Å²) in [5, 5.41) is 22.0. The molecule has 0 saturated heterocycles. The maximum absolute atomic E-state index is 9.78. The highest BCUT2D eigenvalue weighted by Crippen LogP contribution is 2.16. The first-order valence-electron chi connectivity index (χ1n) is 6.31. The predicted octanol–water partition coefficient (Wildman–Crippen LogP) is 1.80. The monoisotopic (exact) mass is 331 g/mol. The van der Waals surface area contributed by atoms with Crippen molar-refractivity contribution >= 4 is 15.9 Å². The van der Waals surface area contributed by atoms with E-state index in [0.29, 0.717) is 13.1 Å². The third-order valence-electron chi connectivity index (χ3n) is 2.67. The Labute approximate surface area is 122 Å². The summed E-state index contributed by atoms with van der Waals surface area (Å²) in [4.78, 5) is 0. The molecule has 0 amide bonds. The van der Waals surface area contributed by atoms with Gasteiger partial charge in [-0.15, -0.1) is 0 Å². The fourth-order valence-corrected chi connectivity index (χ4v) is 1.68. The van der Waals surface area contributed by atoms with Crippen molar-refractivity contribution in [2.45, 2.75) is 20.0 Å². The number of aliphatic hydroxyl groups excluding tert-OH is 2. The van der Waals surface area contributed by atoms with E-state index in [0.717, 1.165) is 10.2 Å². The van der Waals surface area contributed by atoms with Crippen molar-refractivity contribution < 1.29 is 14.9 Å². The molecule has 3 N–H and O–H groups in total. The number of rotatable bonds is 8. The Kier molecular flexibility index (Phi) is 6.79. The van der Waals surface area contributed by atoms with Crippen LogP contribution in [0.3, 0.4) is 0 Å². The molecule has 1 atom stereocenters. The molecule has 0 spiro atoms. The van der Waals surface area contributed by atoms with Crippen LogP contribution < -0.4 is 10.1 Å². The highest BCUT2D eigenvalue weighted by molar-refractivity contribution is 9.10. The van der Waals surface area contributed by atoms with Crippen LogP contribution in [0.15, 0.2) is 28.7 Å². The first kappa shape index (κ1) is 16.4. The van der Waals surface area contributed by atoms with Gasteiger partial charge in [0.25, 0.3) is 0 Å². The minimum atomic E-state index is -0.571. The maximum Gasteiger partial charge on any atom is 0.119 e. The zero-order chi connectivity index (χ0) is 14.3. The van der Waals surface area contributed by atoms with E-state index in [4.69, 9.17) is 9.84 Å². The standard InChI is InChI=1S/C14H22BrNO3/c1-14(2,10-17)9-16-7-12(18)8-19-13-5-3-11(15)4-6-13/h3-6,12,16-18H,7-10H2,1-2H3. The van der Waals surface area contributed by atoms with Gasteiger partial charge in [-0.05, 0) is 24.3 Å². The second-order valence-corrected chi connectivity index (χ2v) is 6.29. The lowest BCUT2D eigenvalue weighted by Gasteiger charge is -2.23. The molecular weight excluding hydrogens is 310 g/mol. The number of aliphatic hydroxyl groups is 2. The van der Waals surface area contributed by atoms with Crippen molar-refractivity contribution in [2.24, 2.45) is 5.41 Å². The SMILES string of the molecule is CC(C)(CO)CNCC(O)COc1ccc(Br)cc1. The summed E-state index contributed by atoms with van der Waals surface area (Å²) < 4.78 is 6.47. The third-order valence-corrected chi connectivity index (χ3v) is 3.20. The third kappa shape index (κ3) is 6.92. The molecule has 1 unspecified atom stereocenters. The quantitative estimate of drug-likeness (QED) is 0.679. The van der Waals surface area contributed by atoms with E-state index >= 15 is 0 Å². The Bertz CT molecular complexity index is 367. The van der Waals surface area contributed by atoms with Crippen LogP contribution in [0.1, 0.15) is 13.8 Å². The van der Waals surface area contributed by atoms with Gasteiger partial charge in [-0.25, -0.2) is 0 Å². The molecule has 1 rings (SSSR count). The molecule has 1 aromatic carbocycles. The lowest BCUT2D eigenvalue weighted by molar-refractivity contribution is 0.0980. The molecule has 0 saturated carbocycles. The maximum atomic E-state index is 9.78. The summed E-state index contributed by atoms with van der Waals surface area (Å²) in [7, 11) is 0. The first-order chi connectivity index (χ1) is 8.93. The van der Waals surface area contributed by atoms with Gasteiger partial charge in [0, 0.05) is 29.6 Å². The summed E-state index contributed by atoms with van der Waals surface area (Å²) in [6.07, 6.45) is -0.571. The fraction of sp³-hybridized carbons (Fsp3) is 0.571. The molecule has 0 aliphatic carbocycles. The number of hydrogen-bond donors (Lipinski definition) is 3. The minimum Gasteiger partial charge on any atom is -0.491 e. The Morgan fingerprint density at radius 2 is 1.95 bits per heavy atom. The molecular formula is C14H22BrNO3. The van der Waals surface area contributed by atoms with Gasteiger partial charge < -0.3 is 20.3 Å². The van der Waals surface area contributed by atoms with Crippen molar-refractivity contribution in [3.63, 3.8) is 0 Å². The summed E-state index contributed by atoms with van der Waals surface area (Å²) in [5.74, 6) is 0.734. The topological polar surface area (TPSA) is 61.7 Å². The molecule has 0 radical (unpaired) electrons. The average molecular weight is 332 g/mol. The van der Waals surface area contributed by atoms with Crippen LogP contribution in [-0.4, -0.2) is 42.6 Å². The van der Waals surface area contributed by atoms with E-state index < -0.39 is 6.10 Å². The zero-order valence-corrected chi connectivity index (χ0v) is 13.0. The lowest BCUT2D eigenvalue weighted by atomic mass is 9.95. The van der Waals surface area contributed by atoms with Gasteiger partial charge in [-0.1, -0.05) is 29.8 Å². The van der Waals surface area contributed by atoms with E-state index in [1.165, 1.54) is 0 Å². The highest BCUT2D eigenvalue weighted by atomic mass is 79.9. The Balaban J connectivity index is 2.21. The van der Waals surface area contributed by atoms with Gasteiger partial charge in [-0.2, -0.15) is 0 Å². The molecule has 5 heteroatoms. The van der Waals surface area contributed by atoms with Crippen molar-refractivity contribution in [3.05, 3.63) is 28.7 Å². The molecule has 0 bridgehead atoms. The first-order valence-corrected chi connectivity index (χ1v) is 7.10. The predicted molar refractivity (Wildman–Crippen MR) is 79.4 cm³/mol. The molecule has 0 aliphatic rings. The van der Waals surface area contributed by atoms with Gasteiger partial charge in [-0.3, -0.25) is 0 Å². The van der Waals surface area contributed by atoms with Crippen molar-refractivity contribution in [1.29, 1.82) is 0 Å². The number of benzene rings is 1. The van der Waals surface area contributed by atoms with Crippen LogP contribution in [0.5, 0.6) is 5.75 Å². The van der Waals surface area contributed by atoms with E-state index in [-0.39, 0.29) is 18.6 Å². The summed E-state index contributed by atoms with van der Waals surface area (Å²) >= 11 is 3.35. The van der Waals surface area contributed by atoms with Crippen molar-refractivity contribution in [3.8, 4) is 5.75 Å². The van der Waals surface area contributed by atoms with Gasteiger partial charge in [0.1, 0.15) is 18.5 Å². The molecule has 0 heterocycles. The minimum absolute atomic E-state index is 0.117.